The molecule has 11 aliphatic rings. The van der Waals surface area contributed by atoms with Gasteiger partial charge in [-0.25, -0.2) is 0 Å². The molecule has 3 aliphatic heterocycles. The summed E-state index contributed by atoms with van der Waals surface area (Å²) in [5.41, 5.74) is -1.67. The van der Waals surface area contributed by atoms with E-state index in [1.54, 1.807) is 0 Å². The first-order valence-corrected chi connectivity index (χ1v) is 29.2. The number of carboxylic acid groups (broad SMARTS) is 1. The van der Waals surface area contributed by atoms with E-state index in [1.807, 2.05) is 13.8 Å². The Morgan fingerprint density at radius 3 is 1.54 bits per heavy atom. The highest BCUT2D eigenvalue weighted by Gasteiger charge is 2.71. The molecule has 2 spiro atoms. The number of carbonyl (C=O) groups excluding carboxylic acids is 1. The van der Waals surface area contributed by atoms with Gasteiger partial charge >= 0.3 is 11.9 Å². The number of carboxylic acids is 1. The lowest BCUT2D eigenvalue weighted by atomic mass is 9.41. The largest absolute Gasteiger partial charge is 0.481 e. The lowest BCUT2D eigenvalue weighted by Crippen LogP contribution is -2.65. The van der Waals surface area contributed by atoms with E-state index in [0.29, 0.717) is 50.9 Å². The second-order valence-corrected chi connectivity index (χ2v) is 27.6. The third-order valence-corrected chi connectivity index (χ3v) is 23.6. The van der Waals surface area contributed by atoms with Gasteiger partial charge in [0.1, 0.15) is 73.2 Å². The summed E-state index contributed by atoms with van der Waals surface area (Å²) >= 11 is 0. The zero-order valence-electron chi connectivity index (χ0n) is 46.3. The molecule has 8 saturated carbocycles. The zero-order chi connectivity index (χ0) is 57.4. The van der Waals surface area contributed by atoms with Crippen molar-refractivity contribution in [3.8, 4) is 0 Å². The van der Waals surface area contributed by atoms with Crippen molar-refractivity contribution >= 4 is 11.9 Å². The lowest BCUT2D eigenvalue weighted by molar-refractivity contribution is -0.378. The number of hydrogen-bond donors (Lipinski definition) is 13. The van der Waals surface area contributed by atoms with E-state index in [-0.39, 0.29) is 39.4 Å². The Bertz CT molecular complexity index is 2320. The maximum atomic E-state index is 14.1. The summed E-state index contributed by atoms with van der Waals surface area (Å²) in [5.74, 6) is -0.372. The fourth-order valence-electron chi connectivity index (χ4n) is 19.6. The van der Waals surface area contributed by atoms with E-state index in [4.69, 9.17) is 28.4 Å². The predicted molar refractivity (Wildman–Crippen MR) is 275 cm³/mol. The van der Waals surface area contributed by atoms with Crippen LogP contribution in [0.4, 0.5) is 0 Å². The average molecular weight is 1120 g/mol. The van der Waals surface area contributed by atoms with Gasteiger partial charge in [-0.2, -0.15) is 0 Å². The van der Waals surface area contributed by atoms with E-state index >= 15 is 0 Å². The third-order valence-electron chi connectivity index (χ3n) is 23.6. The van der Waals surface area contributed by atoms with Crippen LogP contribution in [-0.4, -0.2) is 201 Å². The normalized spacial score (nSPS) is 54.8. The molecule has 11 fully saturated rings. The first kappa shape index (κ1) is 59.9. The minimum atomic E-state index is -1.81. The molecule has 4 bridgehead atoms. The highest BCUT2D eigenvalue weighted by atomic mass is 16.8. The van der Waals surface area contributed by atoms with Crippen molar-refractivity contribution in [2.24, 2.45) is 56.2 Å². The first-order chi connectivity index (χ1) is 37.1. The molecule has 8 aliphatic carbocycles. The second-order valence-electron chi connectivity index (χ2n) is 27.6. The topological polar surface area (TPSA) is 353 Å². The molecule has 13 N–H and O–H groups in total. The van der Waals surface area contributed by atoms with Gasteiger partial charge in [0.25, 0.3) is 0 Å². The van der Waals surface area contributed by atoms with Crippen LogP contribution in [0.3, 0.4) is 0 Å². The number of ether oxygens (including phenoxy) is 6. The van der Waals surface area contributed by atoms with Crippen LogP contribution in [0, 0.1) is 56.2 Å². The Hall–Kier alpha value is -2.26. The summed E-state index contributed by atoms with van der Waals surface area (Å²) in [5, 5.41) is 135. The van der Waals surface area contributed by atoms with Crippen LogP contribution in [0.25, 0.3) is 0 Å². The van der Waals surface area contributed by atoms with E-state index in [9.17, 15) is 76.0 Å². The molecule has 11 rings (SSSR count). The molecular formula is C58H90O21. The van der Waals surface area contributed by atoms with Crippen molar-refractivity contribution in [3.05, 3.63) is 24.3 Å². The molecule has 21 heteroatoms. The zero-order valence-corrected chi connectivity index (χ0v) is 46.3. The van der Waals surface area contributed by atoms with E-state index in [2.05, 4.69) is 27.0 Å². The third kappa shape index (κ3) is 9.27. The summed E-state index contributed by atoms with van der Waals surface area (Å²) in [6.07, 6.45) is -9.08. The average Bonchev–Trinajstić information content (AvgIpc) is 3.85. The van der Waals surface area contributed by atoms with Crippen LogP contribution in [0.1, 0.15) is 143 Å². The number of aliphatic hydroxyl groups is 12. The van der Waals surface area contributed by atoms with Crippen molar-refractivity contribution in [1.29, 1.82) is 0 Å². The Kier molecular flexibility index (Phi) is 16.0. The van der Waals surface area contributed by atoms with Crippen molar-refractivity contribution in [1.82, 2.24) is 0 Å². The number of hydrogen-bond acceptors (Lipinski definition) is 20. The maximum Gasteiger partial charge on any atom is 0.314 e. The van der Waals surface area contributed by atoms with Crippen LogP contribution in [-0.2, 0) is 38.0 Å². The molecule has 448 valence electrons. The standard InChI is InChI=1S/C38H60O18.C20H30O3/c1-16-11-37-9-5-20-35(2,7-4-8-36(20,3)34(50)55-32-29(49)26(46)23(43)18(13-40)52-32)21(37)6-10-38(16,15-37)56-33-30(27(47)24(44)19(14-41)53-33)54-31-28(48)25(45)22(42)17(12-39)51-31;1-13-11-19-9-5-14-17(2,7-4-8-18(14,3)16(21)22)15(19)6-10-20(13,23)12-19/h17-33,39-49H,1,4-15H2,2-3H3;14-15,23H,1,4-12H2,2-3H3,(H,21,22)/t17-,18-,19-,20+,21+,22-,23-,24-,25+,26+,27+,28-,29-,30-,31+,32+,33+,35-,36-,37-,38+;14-,15-,17+,18+,19+,20-/m10/s1. The van der Waals surface area contributed by atoms with E-state index in [1.165, 1.54) is 0 Å². The van der Waals surface area contributed by atoms with E-state index < -0.39 is 146 Å². The minimum absolute atomic E-state index is 0.107. The van der Waals surface area contributed by atoms with Gasteiger partial charge in [-0.15, -0.1) is 0 Å². The quantitative estimate of drug-likeness (QED) is 0.0831. The van der Waals surface area contributed by atoms with Crippen LogP contribution in [0.15, 0.2) is 24.3 Å². The van der Waals surface area contributed by atoms with Crippen molar-refractivity contribution in [3.63, 3.8) is 0 Å². The number of fused-ring (bicyclic) bond motifs is 6. The Balaban J connectivity index is 0.000000253. The van der Waals surface area contributed by atoms with Crippen LogP contribution in [0.2, 0.25) is 0 Å². The molecule has 0 aromatic carbocycles. The molecule has 0 aromatic rings. The Morgan fingerprint density at radius 1 is 0.532 bits per heavy atom. The summed E-state index contributed by atoms with van der Waals surface area (Å²) in [7, 11) is 0. The fourth-order valence-corrected chi connectivity index (χ4v) is 19.6. The summed E-state index contributed by atoms with van der Waals surface area (Å²) < 4.78 is 35.6. The van der Waals surface area contributed by atoms with Gasteiger partial charge < -0.3 is 94.8 Å². The lowest BCUT2D eigenvalue weighted by Gasteiger charge is -2.64. The molecule has 3 saturated heterocycles. The number of aliphatic hydroxyl groups excluding tert-OH is 11. The monoisotopic (exact) mass is 1120 g/mol. The molecule has 27 atom stereocenters. The van der Waals surface area contributed by atoms with Gasteiger partial charge in [-0.1, -0.05) is 39.8 Å². The molecule has 79 heavy (non-hydrogen) atoms. The van der Waals surface area contributed by atoms with Crippen molar-refractivity contribution in [2.45, 2.75) is 247 Å². The van der Waals surface area contributed by atoms with Crippen molar-refractivity contribution < 1.29 is 104 Å². The van der Waals surface area contributed by atoms with Crippen LogP contribution < -0.4 is 0 Å². The number of esters is 1. The molecule has 0 unspecified atom stereocenters. The summed E-state index contributed by atoms with van der Waals surface area (Å²) in [6, 6.07) is 0. The molecule has 3 heterocycles. The van der Waals surface area contributed by atoms with Gasteiger partial charge in [0.15, 0.2) is 12.6 Å². The Morgan fingerprint density at radius 2 is 0.987 bits per heavy atom. The second kappa shape index (κ2) is 21.1. The summed E-state index contributed by atoms with van der Waals surface area (Å²) in [4.78, 5) is 26.2. The predicted octanol–water partition coefficient (Wildman–Crippen LogP) is 1.22. The highest BCUT2D eigenvalue weighted by molar-refractivity contribution is 5.77. The maximum absolute atomic E-state index is 14.1. The van der Waals surface area contributed by atoms with Gasteiger partial charge in [0, 0.05) is 0 Å². The van der Waals surface area contributed by atoms with Crippen LogP contribution >= 0.6 is 0 Å². The molecular weight excluding hydrogens is 1030 g/mol. The highest BCUT2D eigenvalue weighted by Crippen LogP contribution is 2.75. The van der Waals surface area contributed by atoms with Gasteiger partial charge in [0.05, 0.1) is 41.9 Å². The molecule has 0 radical (unpaired) electrons. The van der Waals surface area contributed by atoms with Gasteiger partial charge in [0.2, 0.25) is 6.29 Å². The molecule has 21 nitrogen and oxygen atoms in total. The SMILES string of the molecule is C=C1C[C@@]23CC[C@H]4[C@@](C)(CCC[C@@]4(C)C(=O)O)[C@@H]2CC[C@]1(O)C3.C=C1C[C@@]23CC[C@H]4[C@@](C)(CCC[C@@]4(C)C(=O)O[C@@H]4O[C@H](CO)[C@@H](O)[C@H](O)[C@H]4O)[C@@H]2CC[C@]1(O[C@@H]1O[C@H](CO)[C@@H](O)[C@H](O)[C@H]1O[C@@H]1O[C@H](CO)[C@@H](O)[C@H](O)[C@H]1O)C3. The Labute approximate surface area is 461 Å². The molecule has 0 aromatic heterocycles. The van der Waals surface area contributed by atoms with Gasteiger partial charge in [-0.3, -0.25) is 9.59 Å². The number of rotatable bonds is 10. The number of carbonyl (C=O) groups is 2. The first-order valence-electron chi connectivity index (χ1n) is 29.2. The van der Waals surface area contributed by atoms with Gasteiger partial charge in [-0.05, 0) is 173 Å². The summed E-state index contributed by atoms with van der Waals surface area (Å²) in [6.45, 7) is 15.1. The fraction of sp³-hybridized carbons (Fsp3) is 0.897. The minimum Gasteiger partial charge on any atom is -0.481 e. The van der Waals surface area contributed by atoms with Crippen LogP contribution in [0.5, 0.6) is 0 Å². The van der Waals surface area contributed by atoms with E-state index in [0.717, 1.165) is 81.8 Å². The smallest absolute Gasteiger partial charge is 0.314 e. The van der Waals surface area contributed by atoms with Crippen molar-refractivity contribution in [2.75, 3.05) is 19.8 Å². The number of aliphatic carboxylic acids is 1. The molecule has 0 amide bonds.